The molecule has 2 saturated heterocycles. The second-order valence-corrected chi connectivity index (χ2v) is 8.29. The Bertz CT molecular complexity index is 873. The minimum absolute atomic E-state index is 0.0459. The number of hydrogen-bond donors (Lipinski definition) is 1. The van der Waals surface area contributed by atoms with Crippen molar-refractivity contribution in [1.82, 2.24) is 20.1 Å². The molecule has 0 radical (unpaired) electrons. The molecule has 0 unspecified atom stereocenters. The highest BCUT2D eigenvalue weighted by Crippen LogP contribution is 2.48. The van der Waals surface area contributed by atoms with Gasteiger partial charge in [0.2, 0.25) is 11.8 Å². The Morgan fingerprint density at radius 3 is 2.59 bits per heavy atom. The van der Waals surface area contributed by atoms with E-state index in [1.54, 1.807) is 20.0 Å². The van der Waals surface area contributed by atoms with Crippen LogP contribution in [0.5, 0.6) is 0 Å². The quantitative estimate of drug-likeness (QED) is 0.868. The average Bonchev–Trinajstić information content (AvgIpc) is 3.01. The third-order valence-corrected chi connectivity index (χ3v) is 6.27. The number of amides is 2. The van der Waals surface area contributed by atoms with Crippen LogP contribution in [0, 0.1) is 5.92 Å². The molecule has 0 spiro atoms. The number of likely N-dealkylation sites (tertiary alicyclic amines) is 2. The largest absolute Gasteiger partial charge is 0.347 e. The van der Waals surface area contributed by atoms with Gasteiger partial charge in [0.1, 0.15) is 0 Å². The molecule has 6 nitrogen and oxygen atoms in total. The van der Waals surface area contributed by atoms with Crippen LogP contribution in [0.2, 0.25) is 0 Å². The smallest absolute Gasteiger partial charge is 0.219 e. The van der Waals surface area contributed by atoms with E-state index in [-0.39, 0.29) is 23.8 Å². The zero-order valence-electron chi connectivity index (χ0n) is 17.0. The van der Waals surface area contributed by atoms with Crippen LogP contribution < -0.4 is 5.32 Å². The van der Waals surface area contributed by atoms with E-state index in [0.717, 1.165) is 25.1 Å². The van der Waals surface area contributed by atoms with Gasteiger partial charge < -0.3 is 10.2 Å². The van der Waals surface area contributed by atoms with Gasteiger partial charge in [-0.2, -0.15) is 0 Å². The van der Waals surface area contributed by atoms with Gasteiger partial charge >= 0.3 is 0 Å². The highest BCUT2D eigenvalue weighted by atomic mass is 16.2. The lowest BCUT2D eigenvalue weighted by molar-refractivity contribution is -0.134. The number of piperidine rings is 1. The summed E-state index contributed by atoms with van der Waals surface area (Å²) >= 11 is 0. The lowest BCUT2D eigenvalue weighted by Crippen LogP contribution is -2.64. The lowest BCUT2D eigenvalue weighted by atomic mass is 9.75. The molecule has 3 heterocycles. The molecule has 2 amide bonds. The number of nitrogens with zero attached hydrogens (tertiary/aromatic N) is 3. The van der Waals surface area contributed by atoms with Crippen LogP contribution in [0.25, 0.3) is 0 Å². The molecule has 29 heavy (non-hydrogen) atoms. The van der Waals surface area contributed by atoms with Gasteiger partial charge in [0, 0.05) is 64.4 Å². The number of carbonyl (C=O) groups excluding carboxylic acids is 2. The Morgan fingerprint density at radius 2 is 1.93 bits per heavy atom. The zero-order valence-corrected chi connectivity index (χ0v) is 17.0. The zero-order chi connectivity index (χ0) is 20.4. The van der Waals surface area contributed by atoms with Gasteiger partial charge in [-0.15, -0.1) is 0 Å². The van der Waals surface area contributed by atoms with Crippen molar-refractivity contribution in [3.8, 4) is 0 Å². The molecule has 2 aromatic rings. The molecule has 0 aliphatic carbocycles. The van der Waals surface area contributed by atoms with E-state index in [9.17, 15) is 9.59 Å². The van der Waals surface area contributed by atoms with Crippen LogP contribution in [0.1, 0.15) is 37.4 Å². The van der Waals surface area contributed by atoms with Gasteiger partial charge in [0.25, 0.3) is 0 Å². The highest BCUT2D eigenvalue weighted by Gasteiger charge is 2.56. The molecule has 6 heteroatoms. The average molecular weight is 393 g/mol. The Kier molecular flexibility index (Phi) is 5.37. The normalized spacial score (nSPS) is 26.8. The number of pyridine rings is 1. The molecule has 3 atom stereocenters. The van der Waals surface area contributed by atoms with E-state index in [2.05, 4.69) is 45.5 Å². The molecular formula is C23H28N4O2. The first-order valence-electron chi connectivity index (χ1n) is 10.2. The molecule has 0 bridgehead atoms. The van der Waals surface area contributed by atoms with Crippen LogP contribution in [0.3, 0.4) is 0 Å². The predicted molar refractivity (Wildman–Crippen MR) is 111 cm³/mol. The third-order valence-electron chi connectivity index (χ3n) is 6.27. The molecule has 0 saturated carbocycles. The Labute approximate surface area is 171 Å². The van der Waals surface area contributed by atoms with Crippen LogP contribution >= 0.6 is 0 Å². The number of carbonyl (C=O) groups is 2. The molecule has 2 aliphatic rings. The molecule has 2 fully saturated rings. The van der Waals surface area contributed by atoms with Crippen LogP contribution in [0.4, 0.5) is 0 Å². The van der Waals surface area contributed by atoms with Gasteiger partial charge in [-0.3, -0.25) is 19.5 Å². The van der Waals surface area contributed by atoms with E-state index < -0.39 is 5.54 Å². The van der Waals surface area contributed by atoms with Crippen molar-refractivity contribution >= 4 is 11.8 Å². The number of rotatable bonds is 4. The Morgan fingerprint density at radius 1 is 1.14 bits per heavy atom. The summed E-state index contributed by atoms with van der Waals surface area (Å²) in [6.45, 7) is 5.92. The first-order chi connectivity index (χ1) is 14.0. The number of benzene rings is 1. The summed E-state index contributed by atoms with van der Waals surface area (Å²) in [5, 5.41) is 3.27. The van der Waals surface area contributed by atoms with E-state index in [4.69, 9.17) is 0 Å². The van der Waals surface area contributed by atoms with Crippen LogP contribution in [-0.2, 0) is 16.1 Å². The van der Waals surface area contributed by atoms with Crippen molar-refractivity contribution in [2.75, 3.05) is 19.6 Å². The third kappa shape index (κ3) is 3.90. The fraction of sp³-hybridized carbons (Fsp3) is 0.435. The lowest BCUT2D eigenvalue weighted by Gasteiger charge is -2.45. The molecule has 1 aromatic heterocycles. The first kappa shape index (κ1) is 19.6. The first-order valence-corrected chi connectivity index (χ1v) is 10.2. The summed E-state index contributed by atoms with van der Waals surface area (Å²) < 4.78 is 0. The minimum Gasteiger partial charge on any atom is -0.347 e. The van der Waals surface area contributed by atoms with Crippen LogP contribution in [0.15, 0.2) is 54.9 Å². The van der Waals surface area contributed by atoms with Crippen molar-refractivity contribution in [2.24, 2.45) is 5.92 Å². The van der Waals surface area contributed by atoms with Crippen molar-refractivity contribution in [2.45, 2.75) is 38.4 Å². The Balaban J connectivity index is 1.74. The van der Waals surface area contributed by atoms with E-state index in [0.29, 0.717) is 13.1 Å². The molecule has 1 N–H and O–H groups in total. The van der Waals surface area contributed by atoms with Crippen molar-refractivity contribution in [3.63, 3.8) is 0 Å². The van der Waals surface area contributed by atoms with Crippen LogP contribution in [-0.4, -0.2) is 51.8 Å². The SMILES string of the molecule is CC(=O)N[C@@]12CN(C(C)=O)CC[C@@H]1[C@@H](c1ccccc1)N(Cc1cccnc1)C2. The van der Waals surface area contributed by atoms with E-state index in [1.165, 1.54) is 5.56 Å². The fourth-order valence-corrected chi connectivity index (χ4v) is 5.22. The summed E-state index contributed by atoms with van der Waals surface area (Å²) in [7, 11) is 0. The predicted octanol–water partition coefficient (Wildman–Crippen LogP) is 2.38. The topological polar surface area (TPSA) is 65.5 Å². The summed E-state index contributed by atoms with van der Waals surface area (Å²) in [4.78, 5) is 32.9. The van der Waals surface area contributed by atoms with Crippen molar-refractivity contribution < 1.29 is 9.59 Å². The summed E-state index contributed by atoms with van der Waals surface area (Å²) in [6, 6.07) is 14.7. The second kappa shape index (κ2) is 7.95. The summed E-state index contributed by atoms with van der Waals surface area (Å²) in [5.74, 6) is 0.256. The number of aromatic nitrogens is 1. The maximum atomic E-state index is 12.2. The highest BCUT2D eigenvalue weighted by molar-refractivity contribution is 5.76. The number of hydrogen-bond acceptors (Lipinski definition) is 4. The molecular weight excluding hydrogens is 364 g/mol. The van der Waals surface area contributed by atoms with Gasteiger partial charge in [-0.05, 0) is 23.6 Å². The molecule has 2 aliphatic heterocycles. The van der Waals surface area contributed by atoms with Crippen molar-refractivity contribution in [3.05, 3.63) is 66.0 Å². The molecule has 152 valence electrons. The van der Waals surface area contributed by atoms with Gasteiger partial charge in [0.15, 0.2) is 0 Å². The van der Waals surface area contributed by atoms with E-state index in [1.807, 2.05) is 23.2 Å². The van der Waals surface area contributed by atoms with Gasteiger partial charge in [0.05, 0.1) is 5.54 Å². The number of nitrogens with one attached hydrogen (secondary N) is 1. The maximum Gasteiger partial charge on any atom is 0.219 e. The second-order valence-electron chi connectivity index (χ2n) is 8.29. The molecule has 1 aromatic carbocycles. The van der Waals surface area contributed by atoms with Crippen molar-refractivity contribution in [1.29, 1.82) is 0 Å². The van der Waals surface area contributed by atoms with Gasteiger partial charge in [-0.25, -0.2) is 0 Å². The molecule has 4 rings (SSSR count). The monoisotopic (exact) mass is 392 g/mol. The van der Waals surface area contributed by atoms with E-state index >= 15 is 0 Å². The Hall–Kier alpha value is -2.73. The summed E-state index contributed by atoms with van der Waals surface area (Å²) in [5.41, 5.74) is 1.96. The van der Waals surface area contributed by atoms with Gasteiger partial charge in [-0.1, -0.05) is 36.4 Å². The fourth-order valence-electron chi connectivity index (χ4n) is 5.22. The number of fused-ring (bicyclic) bond motifs is 1. The maximum absolute atomic E-state index is 12.2. The summed E-state index contributed by atoms with van der Waals surface area (Å²) in [6.07, 6.45) is 4.55. The standard InChI is InChI=1S/C23H28N4O2/c1-17(28)25-23-15-26(18(2)29)12-10-21(23)22(20-8-4-3-5-9-20)27(16-23)14-19-7-6-11-24-13-19/h3-9,11,13,21-22H,10,12,14-16H2,1-2H3,(H,25,28)/t21-,22-,23-/m1/s1. The minimum atomic E-state index is -0.446.